The molecule has 7 heteroatoms. The Morgan fingerprint density at radius 1 is 1.06 bits per heavy atom. The number of anilines is 2. The predicted molar refractivity (Wildman–Crippen MR) is 138 cm³/mol. The molecule has 1 unspecified atom stereocenters. The summed E-state index contributed by atoms with van der Waals surface area (Å²) in [7, 11) is 0. The van der Waals surface area contributed by atoms with Crippen molar-refractivity contribution < 1.29 is 14.3 Å². The van der Waals surface area contributed by atoms with Gasteiger partial charge in [-0.2, -0.15) is 0 Å². The van der Waals surface area contributed by atoms with E-state index in [1.54, 1.807) is 24.3 Å². The molecule has 0 saturated heterocycles. The molecule has 0 aliphatic heterocycles. The Morgan fingerprint density at radius 3 is 2.63 bits per heavy atom. The van der Waals surface area contributed by atoms with Gasteiger partial charge in [0, 0.05) is 28.5 Å². The van der Waals surface area contributed by atoms with Crippen molar-refractivity contribution in [2.24, 2.45) is 0 Å². The molecule has 5 rings (SSSR count). The number of benzene rings is 3. The Hall–Kier alpha value is -4.52. The van der Waals surface area contributed by atoms with E-state index in [-0.39, 0.29) is 17.0 Å². The van der Waals surface area contributed by atoms with Gasteiger partial charge in [-0.1, -0.05) is 36.4 Å². The highest BCUT2D eigenvalue weighted by Crippen LogP contribution is 2.30. The van der Waals surface area contributed by atoms with Crippen LogP contribution in [0.4, 0.5) is 11.6 Å². The topological polar surface area (TPSA) is 107 Å². The van der Waals surface area contributed by atoms with Crippen LogP contribution in [0.1, 0.15) is 40.1 Å². The number of nitrogens with one attached hydrogen (secondary N) is 3. The average Bonchev–Trinajstić information content (AvgIpc) is 3.26. The highest BCUT2D eigenvalue weighted by molar-refractivity contribution is 5.94. The zero-order chi connectivity index (χ0) is 24.5. The van der Waals surface area contributed by atoms with Gasteiger partial charge in [-0.15, -0.1) is 0 Å². The number of aromatic carboxylic acids is 1. The summed E-state index contributed by atoms with van der Waals surface area (Å²) in [5.41, 5.74) is 4.70. The standard InChI is InChI=1S/C28H25N3O4/c1-16-11-21(17(2)30-24-10-6-4-8-20(24)28(33)34)27-22(12-16)25(32)14-26(35-27)29-15-19-13-18-7-3-5-9-23(18)31-19/h3-14,17,29-31H,15H2,1-2H3,(H,33,34). The lowest BCUT2D eigenvalue weighted by atomic mass is 10.0. The molecule has 0 aliphatic rings. The predicted octanol–water partition coefficient (Wildman–Crippen LogP) is 6.07. The molecule has 0 saturated carbocycles. The number of para-hydroxylation sites is 2. The van der Waals surface area contributed by atoms with Crippen molar-refractivity contribution in [1.29, 1.82) is 0 Å². The maximum atomic E-state index is 13.0. The molecule has 5 aromatic rings. The van der Waals surface area contributed by atoms with Crippen LogP contribution in [0, 0.1) is 6.92 Å². The summed E-state index contributed by atoms with van der Waals surface area (Å²) >= 11 is 0. The van der Waals surface area contributed by atoms with Gasteiger partial charge in [-0.05, 0) is 55.1 Å². The fraction of sp³-hybridized carbons (Fsp3) is 0.143. The van der Waals surface area contributed by atoms with Crippen molar-refractivity contribution in [1.82, 2.24) is 4.98 Å². The van der Waals surface area contributed by atoms with Gasteiger partial charge in [0.1, 0.15) is 5.58 Å². The van der Waals surface area contributed by atoms with E-state index < -0.39 is 5.97 Å². The number of fused-ring (bicyclic) bond motifs is 2. The molecule has 0 aliphatic carbocycles. The number of hydrogen-bond acceptors (Lipinski definition) is 5. The van der Waals surface area contributed by atoms with Crippen molar-refractivity contribution >= 4 is 39.4 Å². The highest BCUT2D eigenvalue weighted by Gasteiger charge is 2.18. The first-order chi connectivity index (χ1) is 16.9. The summed E-state index contributed by atoms with van der Waals surface area (Å²) < 4.78 is 6.18. The highest BCUT2D eigenvalue weighted by atomic mass is 16.4. The van der Waals surface area contributed by atoms with Crippen LogP contribution in [-0.4, -0.2) is 16.1 Å². The van der Waals surface area contributed by atoms with E-state index >= 15 is 0 Å². The molecule has 2 aromatic heterocycles. The Morgan fingerprint density at radius 2 is 1.83 bits per heavy atom. The summed E-state index contributed by atoms with van der Waals surface area (Å²) in [4.78, 5) is 28.0. The summed E-state index contributed by atoms with van der Waals surface area (Å²) in [5, 5.41) is 17.6. The second-order valence-electron chi connectivity index (χ2n) is 8.66. The van der Waals surface area contributed by atoms with Crippen LogP contribution in [0.3, 0.4) is 0 Å². The van der Waals surface area contributed by atoms with Crippen LogP contribution in [0.2, 0.25) is 0 Å². The molecule has 176 valence electrons. The van der Waals surface area contributed by atoms with Gasteiger partial charge in [-0.3, -0.25) is 4.79 Å². The minimum absolute atomic E-state index is 0.145. The number of aromatic nitrogens is 1. The number of H-pyrrole nitrogens is 1. The van der Waals surface area contributed by atoms with Crippen LogP contribution in [0.15, 0.2) is 82.0 Å². The number of hydrogen-bond donors (Lipinski definition) is 4. The van der Waals surface area contributed by atoms with Gasteiger partial charge < -0.3 is 25.1 Å². The van der Waals surface area contributed by atoms with Crippen LogP contribution >= 0.6 is 0 Å². The molecule has 0 bridgehead atoms. The average molecular weight is 468 g/mol. The molecule has 1 atom stereocenters. The summed E-state index contributed by atoms with van der Waals surface area (Å²) in [6.45, 7) is 4.30. The van der Waals surface area contributed by atoms with Crippen LogP contribution in [0.5, 0.6) is 0 Å². The van der Waals surface area contributed by atoms with Crippen LogP contribution in [-0.2, 0) is 6.54 Å². The second-order valence-corrected chi connectivity index (χ2v) is 8.66. The van der Waals surface area contributed by atoms with E-state index in [0.29, 0.717) is 29.1 Å². The Kier molecular flexibility index (Phi) is 5.74. The molecule has 35 heavy (non-hydrogen) atoms. The maximum Gasteiger partial charge on any atom is 0.337 e. The molecule has 0 radical (unpaired) electrons. The van der Waals surface area contributed by atoms with Gasteiger partial charge >= 0.3 is 5.97 Å². The molecular weight excluding hydrogens is 442 g/mol. The van der Waals surface area contributed by atoms with Gasteiger partial charge in [0.05, 0.1) is 23.5 Å². The van der Waals surface area contributed by atoms with Gasteiger partial charge in [0.2, 0.25) is 0 Å². The summed E-state index contributed by atoms with van der Waals surface area (Å²) in [6.07, 6.45) is 0. The fourth-order valence-electron chi connectivity index (χ4n) is 4.36. The first-order valence-corrected chi connectivity index (χ1v) is 11.4. The number of aromatic amines is 1. The van der Waals surface area contributed by atoms with Crippen molar-refractivity contribution in [3.63, 3.8) is 0 Å². The summed E-state index contributed by atoms with van der Waals surface area (Å²) in [6, 6.07) is 21.7. The molecule has 4 N–H and O–H groups in total. The zero-order valence-electron chi connectivity index (χ0n) is 19.4. The molecule has 2 heterocycles. The third-order valence-corrected chi connectivity index (χ3v) is 6.04. The largest absolute Gasteiger partial charge is 0.478 e. The molecule has 0 fully saturated rings. The lowest BCUT2D eigenvalue weighted by Crippen LogP contribution is -2.13. The van der Waals surface area contributed by atoms with Crippen LogP contribution < -0.4 is 16.1 Å². The Labute approximate surface area is 201 Å². The molecule has 0 spiro atoms. The van der Waals surface area contributed by atoms with Crippen molar-refractivity contribution in [2.75, 3.05) is 10.6 Å². The van der Waals surface area contributed by atoms with E-state index in [4.69, 9.17) is 4.42 Å². The third kappa shape index (κ3) is 4.48. The number of carbonyl (C=O) groups is 1. The van der Waals surface area contributed by atoms with Gasteiger partial charge in [0.25, 0.3) is 0 Å². The number of carboxylic acids is 1. The van der Waals surface area contributed by atoms with Crippen LogP contribution in [0.25, 0.3) is 21.9 Å². The van der Waals surface area contributed by atoms with E-state index in [1.807, 2.05) is 50.2 Å². The van der Waals surface area contributed by atoms with E-state index in [2.05, 4.69) is 21.7 Å². The van der Waals surface area contributed by atoms with Gasteiger partial charge in [-0.25, -0.2) is 4.79 Å². The van der Waals surface area contributed by atoms with E-state index in [1.165, 1.54) is 6.07 Å². The SMILES string of the molecule is Cc1cc(C(C)Nc2ccccc2C(=O)O)c2oc(NCc3cc4ccccc4[nH]3)cc(=O)c2c1. The zero-order valence-corrected chi connectivity index (χ0v) is 19.4. The quantitative estimate of drug-likeness (QED) is 0.232. The lowest BCUT2D eigenvalue weighted by Gasteiger charge is -2.19. The van der Waals surface area contributed by atoms with Crippen molar-refractivity contribution in [2.45, 2.75) is 26.4 Å². The lowest BCUT2D eigenvalue weighted by molar-refractivity contribution is 0.0698. The fourth-order valence-corrected chi connectivity index (χ4v) is 4.36. The monoisotopic (exact) mass is 467 g/mol. The number of rotatable bonds is 7. The first kappa shape index (κ1) is 22.3. The third-order valence-electron chi connectivity index (χ3n) is 6.04. The summed E-state index contributed by atoms with van der Waals surface area (Å²) in [5.74, 6) is -0.645. The number of carboxylic acid groups (broad SMARTS) is 1. The van der Waals surface area contributed by atoms with Crippen molar-refractivity contribution in [3.8, 4) is 0 Å². The molecular formula is C28H25N3O4. The Bertz CT molecular complexity index is 1580. The second kappa shape index (κ2) is 9.02. The minimum atomic E-state index is -1.01. The molecule has 7 nitrogen and oxygen atoms in total. The van der Waals surface area contributed by atoms with Gasteiger partial charge in [0.15, 0.2) is 11.3 Å². The number of aryl methyl sites for hydroxylation is 1. The smallest absolute Gasteiger partial charge is 0.337 e. The molecule has 0 amide bonds. The minimum Gasteiger partial charge on any atom is -0.478 e. The molecule has 3 aromatic carbocycles. The van der Waals surface area contributed by atoms with E-state index in [9.17, 15) is 14.7 Å². The van der Waals surface area contributed by atoms with Crippen molar-refractivity contribution in [3.05, 3.63) is 105 Å². The van der Waals surface area contributed by atoms with E-state index in [0.717, 1.165) is 27.7 Å². The first-order valence-electron chi connectivity index (χ1n) is 11.4. The maximum absolute atomic E-state index is 13.0. The Balaban J connectivity index is 1.48. The normalized spacial score (nSPS) is 12.1.